The summed E-state index contributed by atoms with van der Waals surface area (Å²) >= 11 is 0. The molecule has 102 valence electrons. The molecule has 0 saturated carbocycles. The molecule has 1 rings (SSSR count). The topological polar surface area (TPSA) is 24.5 Å². The lowest BCUT2D eigenvalue weighted by Gasteiger charge is -2.28. The van der Waals surface area contributed by atoms with Crippen LogP contribution in [-0.4, -0.2) is 49.8 Å². The maximum Gasteiger partial charge on any atom is 0.0702 e. The lowest BCUT2D eigenvalue weighted by molar-refractivity contribution is 0.0700. The second-order valence-corrected chi connectivity index (χ2v) is 5.52. The van der Waals surface area contributed by atoms with Crippen LogP contribution in [0.2, 0.25) is 0 Å². The summed E-state index contributed by atoms with van der Waals surface area (Å²) in [5.41, 5.74) is 0. The maximum absolute atomic E-state index is 5.68. The summed E-state index contributed by atoms with van der Waals surface area (Å²) in [5.74, 6) is 0. The first kappa shape index (κ1) is 14.9. The molecule has 1 N–H and O–H groups in total. The van der Waals surface area contributed by atoms with Crippen molar-refractivity contribution >= 4 is 0 Å². The zero-order valence-corrected chi connectivity index (χ0v) is 12.0. The van der Waals surface area contributed by atoms with Crippen LogP contribution in [0.3, 0.4) is 0 Å². The number of rotatable bonds is 8. The average Bonchev–Trinajstić information content (AvgIpc) is 2.79. The summed E-state index contributed by atoms with van der Waals surface area (Å²) in [6.07, 6.45) is 5.46. The first-order valence-corrected chi connectivity index (χ1v) is 7.18. The number of likely N-dealkylation sites (N-methyl/N-ethyl adjacent to an activating group) is 1. The molecule has 1 aliphatic rings. The smallest absolute Gasteiger partial charge is 0.0702 e. The summed E-state index contributed by atoms with van der Waals surface area (Å²) < 4.78 is 5.68. The highest BCUT2D eigenvalue weighted by molar-refractivity contribution is 4.74. The molecule has 0 amide bonds. The molecule has 3 atom stereocenters. The molecule has 0 aliphatic carbocycles. The van der Waals surface area contributed by atoms with Crippen LogP contribution in [-0.2, 0) is 4.74 Å². The number of ether oxygens (including phenoxy) is 1. The van der Waals surface area contributed by atoms with Crippen LogP contribution in [0.5, 0.6) is 0 Å². The molecular formula is C14H30N2O. The molecule has 1 aliphatic heterocycles. The molecule has 0 aromatic heterocycles. The van der Waals surface area contributed by atoms with E-state index in [1.165, 1.54) is 25.7 Å². The van der Waals surface area contributed by atoms with Crippen molar-refractivity contribution < 1.29 is 4.74 Å². The van der Waals surface area contributed by atoms with Gasteiger partial charge in [0.05, 0.1) is 6.10 Å². The Balaban J connectivity index is 2.14. The van der Waals surface area contributed by atoms with Gasteiger partial charge in [-0.15, -0.1) is 0 Å². The Labute approximate surface area is 107 Å². The van der Waals surface area contributed by atoms with E-state index in [0.29, 0.717) is 18.2 Å². The first-order valence-electron chi connectivity index (χ1n) is 7.18. The third-order valence-electron chi connectivity index (χ3n) is 3.75. The first-order chi connectivity index (χ1) is 8.13. The zero-order valence-electron chi connectivity index (χ0n) is 12.0. The van der Waals surface area contributed by atoms with E-state index in [1.54, 1.807) is 0 Å². The van der Waals surface area contributed by atoms with E-state index in [-0.39, 0.29) is 0 Å². The summed E-state index contributed by atoms with van der Waals surface area (Å²) in [6, 6.07) is 1.22. The highest BCUT2D eigenvalue weighted by Crippen LogP contribution is 2.13. The minimum Gasteiger partial charge on any atom is -0.377 e. The molecule has 1 fully saturated rings. The van der Waals surface area contributed by atoms with Crippen molar-refractivity contribution in [3.63, 3.8) is 0 Å². The molecule has 3 unspecified atom stereocenters. The van der Waals surface area contributed by atoms with Gasteiger partial charge in [-0.1, -0.05) is 13.3 Å². The van der Waals surface area contributed by atoms with Crippen molar-refractivity contribution in [2.45, 2.75) is 64.6 Å². The average molecular weight is 242 g/mol. The van der Waals surface area contributed by atoms with Crippen LogP contribution in [0.25, 0.3) is 0 Å². The van der Waals surface area contributed by atoms with Crippen LogP contribution in [0.1, 0.15) is 46.5 Å². The summed E-state index contributed by atoms with van der Waals surface area (Å²) in [5, 5.41) is 3.61. The van der Waals surface area contributed by atoms with E-state index in [4.69, 9.17) is 4.74 Å². The Bertz CT molecular complexity index is 193. The molecule has 0 aromatic rings. The van der Waals surface area contributed by atoms with E-state index in [2.05, 4.69) is 38.0 Å². The Morgan fingerprint density at radius 3 is 2.76 bits per heavy atom. The van der Waals surface area contributed by atoms with E-state index in [9.17, 15) is 0 Å². The van der Waals surface area contributed by atoms with Crippen molar-refractivity contribution in [2.75, 3.05) is 26.7 Å². The lowest BCUT2D eigenvalue weighted by atomic mass is 10.1. The van der Waals surface area contributed by atoms with Crippen molar-refractivity contribution in [3.8, 4) is 0 Å². The van der Waals surface area contributed by atoms with Crippen molar-refractivity contribution in [1.82, 2.24) is 10.2 Å². The van der Waals surface area contributed by atoms with Crippen LogP contribution in [0.4, 0.5) is 0 Å². The Morgan fingerprint density at radius 1 is 1.41 bits per heavy atom. The van der Waals surface area contributed by atoms with E-state index in [0.717, 1.165) is 19.7 Å². The Morgan fingerprint density at radius 2 is 2.18 bits per heavy atom. The van der Waals surface area contributed by atoms with E-state index < -0.39 is 0 Å². The van der Waals surface area contributed by atoms with Gasteiger partial charge in [-0.3, -0.25) is 4.90 Å². The highest BCUT2D eigenvalue weighted by atomic mass is 16.5. The van der Waals surface area contributed by atoms with Gasteiger partial charge < -0.3 is 10.1 Å². The van der Waals surface area contributed by atoms with Gasteiger partial charge in [0.15, 0.2) is 0 Å². The summed E-state index contributed by atoms with van der Waals surface area (Å²) in [4.78, 5) is 2.42. The van der Waals surface area contributed by atoms with E-state index in [1.807, 2.05) is 0 Å². The van der Waals surface area contributed by atoms with Crippen LogP contribution in [0, 0.1) is 0 Å². The predicted octanol–water partition coefficient (Wildman–Crippen LogP) is 2.26. The normalized spacial score (nSPS) is 24.2. The lowest BCUT2D eigenvalue weighted by Crippen LogP contribution is -2.43. The fraction of sp³-hybridized carbons (Fsp3) is 1.00. The fourth-order valence-electron chi connectivity index (χ4n) is 2.35. The Hall–Kier alpha value is -0.120. The summed E-state index contributed by atoms with van der Waals surface area (Å²) in [6.45, 7) is 9.91. The monoisotopic (exact) mass is 242 g/mol. The third kappa shape index (κ3) is 5.84. The molecule has 3 heteroatoms. The van der Waals surface area contributed by atoms with Gasteiger partial charge in [0.1, 0.15) is 0 Å². The molecule has 0 aromatic carbocycles. The van der Waals surface area contributed by atoms with Crippen LogP contribution >= 0.6 is 0 Å². The molecule has 1 heterocycles. The second-order valence-electron chi connectivity index (χ2n) is 5.52. The predicted molar refractivity (Wildman–Crippen MR) is 73.4 cm³/mol. The third-order valence-corrected chi connectivity index (χ3v) is 3.75. The zero-order chi connectivity index (χ0) is 12.7. The van der Waals surface area contributed by atoms with Gasteiger partial charge in [-0.05, 0) is 40.2 Å². The molecule has 17 heavy (non-hydrogen) atoms. The van der Waals surface area contributed by atoms with Crippen LogP contribution < -0.4 is 5.32 Å². The fourth-order valence-corrected chi connectivity index (χ4v) is 2.35. The Kier molecular flexibility index (Phi) is 7.09. The SMILES string of the molecule is CCCC(C)NCC(C)N(C)CC1CCCO1. The van der Waals surface area contributed by atoms with Crippen molar-refractivity contribution in [3.05, 3.63) is 0 Å². The number of nitrogens with zero attached hydrogens (tertiary/aromatic N) is 1. The van der Waals surface area contributed by atoms with E-state index >= 15 is 0 Å². The molecule has 0 bridgehead atoms. The number of nitrogens with one attached hydrogen (secondary N) is 1. The van der Waals surface area contributed by atoms with Gasteiger partial charge >= 0.3 is 0 Å². The van der Waals surface area contributed by atoms with Crippen molar-refractivity contribution in [2.24, 2.45) is 0 Å². The minimum absolute atomic E-state index is 0.468. The summed E-state index contributed by atoms with van der Waals surface area (Å²) in [7, 11) is 2.21. The molecule has 1 saturated heterocycles. The van der Waals surface area contributed by atoms with Crippen LogP contribution in [0.15, 0.2) is 0 Å². The van der Waals surface area contributed by atoms with Gasteiger partial charge in [0.2, 0.25) is 0 Å². The van der Waals surface area contributed by atoms with Gasteiger partial charge in [0.25, 0.3) is 0 Å². The highest BCUT2D eigenvalue weighted by Gasteiger charge is 2.19. The molecule has 3 nitrogen and oxygen atoms in total. The molecule has 0 radical (unpaired) electrons. The minimum atomic E-state index is 0.468. The number of hydrogen-bond donors (Lipinski definition) is 1. The second kappa shape index (κ2) is 8.06. The number of hydrogen-bond acceptors (Lipinski definition) is 3. The quantitative estimate of drug-likeness (QED) is 0.706. The standard InChI is InChI=1S/C14H30N2O/c1-5-7-12(2)15-10-13(3)16(4)11-14-8-6-9-17-14/h12-15H,5-11H2,1-4H3. The van der Waals surface area contributed by atoms with Gasteiger partial charge in [0, 0.05) is 31.8 Å². The maximum atomic E-state index is 5.68. The molecule has 0 spiro atoms. The van der Waals surface area contributed by atoms with Gasteiger partial charge in [-0.2, -0.15) is 0 Å². The van der Waals surface area contributed by atoms with Gasteiger partial charge in [-0.25, -0.2) is 0 Å². The van der Waals surface area contributed by atoms with Crippen molar-refractivity contribution in [1.29, 1.82) is 0 Å². The largest absolute Gasteiger partial charge is 0.377 e. The molecular weight excluding hydrogens is 212 g/mol.